The van der Waals surface area contributed by atoms with E-state index in [4.69, 9.17) is 4.74 Å². The third kappa shape index (κ3) is 9.01. The third-order valence-corrected chi connectivity index (χ3v) is 3.43. The van der Waals surface area contributed by atoms with Gasteiger partial charge in [-0.15, -0.1) is 24.8 Å². The van der Waals surface area contributed by atoms with Crippen LogP contribution in [0.2, 0.25) is 0 Å². The van der Waals surface area contributed by atoms with Crippen molar-refractivity contribution in [1.29, 1.82) is 0 Å². The largest absolute Gasteiger partial charge is 0.497 e. The molecule has 0 aliphatic carbocycles. The number of methoxy groups -OCH3 is 1. The lowest BCUT2D eigenvalue weighted by molar-refractivity contribution is -0.121. The van der Waals surface area contributed by atoms with Crippen molar-refractivity contribution in [1.82, 2.24) is 15.5 Å². The van der Waals surface area contributed by atoms with Gasteiger partial charge in [-0.25, -0.2) is 0 Å². The second kappa shape index (κ2) is 13.4. The first-order valence-electron chi connectivity index (χ1n) is 7.30. The number of carbonyl (C=O) groups is 1. The van der Waals surface area contributed by atoms with Gasteiger partial charge in [0.1, 0.15) is 5.75 Å². The fourth-order valence-corrected chi connectivity index (χ4v) is 2.17. The summed E-state index contributed by atoms with van der Waals surface area (Å²) in [5, 5.41) is 6.05. The van der Waals surface area contributed by atoms with Crippen LogP contribution in [0.25, 0.3) is 0 Å². The molecule has 5 nitrogen and oxygen atoms in total. The highest BCUT2D eigenvalue weighted by molar-refractivity contribution is 5.85. The van der Waals surface area contributed by atoms with Crippen molar-refractivity contribution >= 4 is 30.7 Å². The minimum absolute atomic E-state index is 0. The van der Waals surface area contributed by atoms with Gasteiger partial charge in [0.25, 0.3) is 0 Å². The molecule has 0 aliphatic rings. The summed E-state index contributed by atoms with van der Waals surface area (Å²) in [6.07, 6.45) is 1.41. The van der Waals surface area contributed by atoms with Crippen molar-refractivity contribution in [3.8, 4) is 5.75 Å². The van der Waals surface area contributed by atoms with E-state index in [-0.39, 0.29) is 36.8 Å². The molecule has 0 radical (unpaired) electrons. The molecule has 2 N–H and O–H groups in total. The van der Waals surface area contributed by atoms with Crippen LogP contribution in [0.15, 0.2) is 24.3 Å². The molecule has 0 spiro atoms. The van der Waals surface area contributed by atoms with Crippen LogP contribution < -0.4 is 15.4 Å². The summed E-state index contributed by atoms with van der Waals surface area (Å²) in [6.45, 7) is 1.46. The van der Waals surface area contributed by atoms with E-state index >= 15 is 0 Å². The highest BCUT2D eigenvalue weighted by Crippen LogP contribution is 2.22. The Kier molecular flexibility index (Phi) is 14.2. The molecule has 0 saturated heterocycles. The molecular formula is C16H29Cl2N3O2. The molecule has 1 aromatic carbocycles. The smallest absolute Gasteiger partial charge is 0.220 e. The van der Waals surface area contributed by atoms with E-state index in [1.54, 1.807) is 7.11 Å². The van der Waals surface area contributed by atoms with Gasteiger partial charge < -0.3 is 20.3 Å². The van der Waals surface area contributed by atoms with Gasteiger partial charge in [-0.05, 0) is 51.8 Å². The highest BCUT2D eigenvalue weighted by atomic mass is 35.5. The molecule has 1 rings (SSSR count). The Morgan fingerprint density at radius 2 is 2.00 bits per heavy atom. The minimum Gasteiger partial charge on any atom is -0.497 e. The normalized spacial score (nSPS) is 11.2. The van der Waals surface area contributed by atoms with Gasteiger partial charge in [0.15, 0.2) is 0 Å². The summed E-state index contributed by atoms with van der Waals surface area (Å²) >= 11 is 0. The molecule has 0 heterocycles. The number of halogens is 2. The van der Waals surface area contributed by atoms with Crippen LogP contribution in [-0.4, -0.2) is 52.1 Å². The zero-order valence-electron chi connectivity index (χ0n) is 14.3. The Balaban J connectivity index is 0. The van der Waals surface area contributed by atoms with E-state index in [9.17, 15) is 4.79 Å². The van der Waals surface area contributed by atoms with Crippen molar-refractivity contribution < 1.29 is 9.53 Å². The molecular weight excluding hydrogens is 337 g/mol. The Labute approximate surface area is 152 Å². The Morgan fingerprint density at radius 1 is 1.30 bits per heavy atom. The van der Waals surface area contributed by atoms with E-state index in [2.05, 4.69) is 21.6 Å². The average molecular weight is 366 g/mol. The topological polar surface area (TPSA) is 53.6 Å². The summed E-state index contributed by atoms with van der Waals surface area (Å²) in [7, 11) is 7.57. The lowest BCUT2D eigenvalue weighted by Gasteiger charge is -2.25. The maximum absolute atomic E-state index is 11.8. The minimum atomic E-state index is 0. The molecule has 1 aromatic rings. The van der Waals surface area contributed by atoms with Gasteiger partial charge in [0.2, 0.25) is 5.91 Å². The molecule has 0 bridgehead atoms. The first-order valence-corrected chi connectivity index (χ1v) is 7.30. The zero-order valence-corrected chi connectivity index (χ0v) is 15.9. The molecule has 1 amide bonds. The fourth-order valence-electron chi connectivity index (χ4n) is 2.17. The third-order valence-electron chi connectivity index (χ3n) is 3.43. The number of nitrogens with one attached hydrogen (secondary N) is 2. The van der Waals surface area contributed by atoms with E-state index < -0.39 is 0 Å². The van der Waals surface area contributed by atoms with Crippen LogP contribution >= 0.6 is 24.8 Å². The number of benzene rings is 1. The predicted octanol–water partition coefficient (Wildman–Crippen LogP) is 2.26. The lowest BCUT2D eigenvalue weighted by Crippen LogP contribution is -2.34. The number of carbonyl (C=O) groups excluding carboxylic acids is 1. The van der Waals surface area contributed by atoms with Gasteiger partial charge in [-0.1, -0.05) is 12.1 Å². The van der Waals surface area contributed by atoms with Crippen molar-refractivity contribution in [3.63, 3.8) is 0 Å². The van der Waals surface area contributed by atoms with Crippen molar-refractivity contribution in [2.24, 2.45) is 0 Å². The molecule has 0 aliphatic heterocycles. The van der Waals surface area contributed by atoms with Crippen molar-refractivity contribution in [2.75, 3.05) is 41.3 Å². The van der Waals surface area contributed by atoms with Gasteiger partial charge >= 0.3 is 0 Å². The maximum atomic E-state index is 11.8. The molecule has 0 aromatic heterocycles. The zero-order chi connectivity index (χ0) is 15.7. The maximum Gasteiger partial charge on any atom is 0.220 e. The van der Waals surface area contributed by atoms with E-state index in [1.165, 1.54) is 0 Å². The summed E-state index contributed by atoms with van der Waals surface area (Å²) < 4.78 is 5.26. The summed E-state index contributed by atoms with van der Waals surface area (Å²) in [5.74, 6) is 0.930. The van der Waals surface area contributed by atoms with Gasteiger partial charge in [-0.2, -0.15) is 0 Å². The number of rotatable bonds is 9. The molecule has 0 fully saturated rings. The number of hydrogen-bond acceptors (Lipinski definition) is 4. The molecule has 23 heavy (non-hydrogen) atoms. The van der Waals surface area contributed by atoms with Crippen LogP contribution in [0.4, 0.5) is 0 Å². The first-order chi connectivity index (χ1) is 10.1. The SMILES string of the molecule is CNCCCC(=O)NCC(c1cccc(OC)c1)N(C)C.Cl.Cl. The fraction of sp³-hybridized carbons (Fsp3) is 0.562. The predicted molar refractivity (Wildman–Crippen MR) is 100 cm³/mol. The van der Waals surface area contributed by atoms with Crippen LogP contribution in [0.1, 0.15) is 24.4 Å². The summed E-state index contributed by atoms with van der Waals surface area (Å²) in [6, 6.07) is 8.10. The molecule has 1 atom stereocenters. The van der Waals surface area contributed by atoms with Crippen LogP contribution in [0, 0.1) is 0 Å². The Bertz CT molecular complexity index is 445. The molecule has 1 unspecified atom stereocenters. The van der Waals surface area contributed by atoms with E-state index in [0.29, 0.717) is 13.0 Å². The first kappa shape index (κ1) is 24.2. The number of nitrogens with zero attached hydrogens (tertiary/aromatic N) is 1. The van der Waals surface area contributed by atoms with Gasteiger partial charge in [-0.3, -0.25) is 4.79 Å². The summed E-state index contributed by atoms with van der Waals surface area (Å²) in [4.78, 5) is 13.9. The van der Waals surface area contributed by atoms with Crippen LogP contribution in [0.5, 0.6) is 5.75 Å². The van der Waals surface area contributed by atoms with Crippen LogP contribution in [-0.2, 0) is 4.79 Å². The quantitative estimate of drug-likeness (QED) is 0.659. The summed E-state index contributed by atoms with van der Waals surface area (Å²) in [5.41, 5.74) is 1.13. The number of amides is 1. The Morgan fingerprint density at radius 3 is 2.57 bits per heavy atom. The Hall–Kier alpha value is -1.01. The standard InChI is InChI=1S/C16H27N3O2.2ClH/c1-17-10-6-9-16(20)18-12-15(19(2)3)13-7-5-8-14(11-13)21-4;;/h5,7-8,11,15,17H,6,9-10,12H2,1-4H3,(H,18,20);2*1H. The van der Waals surface area contributed by atoms with Crippen molar-refractivity contribution in [2.45, 2.75) is 18.9 Å². The van der Waals surface area contributed by atoms with E-state index in [1.807, 2.05) is 39.3 Å². The van der Waals surface area contributed by atoms with E-state index in [0.717, 1.165) is 24.3 Å². The van der Waals surface area contributed by atoms with Crippen molar-refractivity contribution in [3.05, 3.63) is 29.8 Å². The number of likely N-dealkylation sites (N-methyl/N-ethyl adjacent to an activating group) is 1. The number of hydrogen-bond donors (Lipinski definition) is 2. The second-order valence-electron chi connectivity index (χ2n) is 5.27. The lowest BCUT2D eigenvalue weighted by atomic mass is 10.1. The average Bonchev–Trinajstić information content (AvgIpc) is 2.47. The molecule has 7 heteroatoms. The van der Waals surface area contributed by atoms with Crippen LogP contribution in [0.3, 0.4) is 0 Å². The molecule has 134 valence electrons. The number of ether oxygens (including phenoxy) is 1. The highest BCUT2D eigenvalue weighted by Gasteiger charge is 2.15. The second-order valence-corrected chi connectivity index (χ2v) is 5.27. The van der Waals surface area contributed by atoms with Gasteiger partial charge in [0, 0.05) is 13.0 Å². The van der Waals surface area contributed by atoms with Gasteiger partial charge in [0.05, 0.1) is 13.2 Å². The molecule has 0 saturated carbocycles. The monoisotopic (exact) mass is 365 g/mol.